The van der Waals surface area contributed by atoms with Crippen LogP contribution >= 0.6 is 11.3 Å². The topological polar surface area (TPSA) is 109 Å². The van der Waals surface area contributed by atoms with Crippen molar-refractivity contribution >= 4 is 38.5 Å². The molecule has 21 heavy (non-hydrogen) atoms. The second kappa shape index (κ2) is 6.02. The molecule has 0 spiro atoms. The number of nitrogens with one attached hydrogen (secondary N) is 1. The van der Waals surface area contributed by atoms with Gasteiger partial charge in [0.15, 0.2) is 0 Å². The Bertz CT molecular complexity index is 783. The number of benzene rings is 1. The highest BCUT2D eigenvalue weighted by molar-refractivity contribution is 7.93. The van der Waals surface area contributed by atoms with Gasteiger partial charge in [0, 0.05) is 6.08 Å². The van der Waals surface area contributed by atoms with Crippen molar-refractivity contribution in [3.05, 3.63) is 40.9 Å². The Morgan fingerprint density at radius 1 is 1.43 bits per heavy atom. The molecule has 2 aromatic rings. The maximum Gasteiger partial charge on any atom is 0.328 e. The van der Waals surface area contributed by atoms with Gasteiger partial charge in [-0.05, 0) is 36.3 Å². The number of carboxylic acids is 1. The van der Waals surface area contributed by atoms with E-state index in [1.165, 1.54) is 23.7 Å². The Morgan fingerprint density at radius 2 is 2.19 bits per heavy atom. The third kappa shape index (κ3) is 3.86. The van der Waals surface area contributed by atoms with Crippen LogP contribution in [0, 0.1) is 6.92 Å². The van der Waals surface area contributed by atoms with Crippen molar-refractivity contribution in [2.24, 2.45) is 0 Å². The Labute approximate surface area is 125 Å². The lowest BCUT2D eigenvalue weighted by atomic mass is 10.1. The van der Waals surface area contributed by atoms with E-state index in [4.69, 9.17) is 5.11 Å². The molecule has 0 saturated carbocycles. The van der Waals surface area contributed by atoms with Crippen LogP contribution in [0.5, 0.6) is 0 Å². The third-order valence-electron chi connectivity index (χ3n) is 2.54. The second-order valence-electron chi connectivity index (χ2n) is 4.04. The summed E-state index contributed by atoms with van der Waals surface area (Å²) in [4.78, 5) is 10.6. The van der Waals surface area contributed by atoms with E-state index in [1.54, 1.807) is 13.0 Å². The molecule has 0 atom stereocenters. The summed E-state index contributed by atoms with van der Waals surface area (Å²) in [6.07, 6.45) is 2.40. The largest absolute Gasteiger partial charge is 0.478 e. The summed E-state index contributed by atoms with van der Waals surface area (Å²) < 4.78 is 26.6. The van der Waals surface area contributed by atoms with Gasteiger partial charge in [0.2, 0.25) is 5.13 Å². The van der Waals surface area contributed by atoms with Crippen LogP contribution in [0.4, 0.5) is 5.13 Å². The SMILES string of the molecule is Cc1cc(S(=O)(=O)Nc2nncs2)ccc1C=CC(=O)O. The maximum absolute atomic E-state index is 12.1. The van der Waals surface area contributed by atoms with Gasteiger partial charge in [0.1, 0.15) is 5.51 Å². The molecule has 0 saturated heterocycles. The molecule has 0 bridgehead atoms. The van der Waals surface area contributed by atoms with E-state index in [0.29, 0.717) is 11.1 Å². The van der Waals surface area contributed by atoms with E-state index >= 15 is 0 Å². The minimum Gasteiger partial charge on any atom is -0.478 e. The minimum absolute atomic E-state index is 0.0719. The van der Waals surface area contributed by atoms with Gasteiger partial charge in [0.25, 0.3) is 10.0 Å². The number of sulfonamides is 1. The van der Waals surface area contributed by atoms with Crippen molar-refractivity contribution in [3.8, 4) is 0 Å². The first-order valence-corrected chi connectivity index (χ1v) is 8.05. The molecule has 0 radical (unpaired) electrons. The van der Waals surface area contributed by atoms with E-state index in [9.17, 15) is 13.2 Å². The van der Waals surface area contributed by atoms with Gasteiger partial charge in [-0.2, -0.15) is 0 Å². The van der Waals surface area contributed by atoms with E-state index in [2.05, 4.69) is 14.9 Å². The average Bonchev–Trinajstić information content (AvgIpc) is 2.89. The highest BCUT2D eigenvalue weighted by Crippen LogP contribution is 2.20. The van der Waals surface area contributed by atoms with Gasteiger partial charge in [0.05, 0.1) is 4.90 Å². The van der Waals surface area contributed by atoms with Crippen molar-refractivity contribution in [1.82, 2.24) is 10.2 Å². The first-order valence-electron chi connectivity index (χ1n) is 5.69. The fraction of sp³-hybridized carbons (Fsp3) is 0.0833. The first-order chi connectivity index (χ1) is 9.88. The summed E-state index contributed by atoms with van der Waals surface area (Å²) in [5, 5.41) is 15.9. The van der Waals surface area contributed by atoms with E-state index in [0.717, 1.165) is 17.4 Å². The Balaban J connectivity index is 2.29. The number of hydrogen-bond donors (Lipinski definition) is 2. The van der Waals surface area contributed by atoms with Gasteiger partial charge >= 0.3 is 5.97 Å². The molecule has 0 unspecified atom stereocenters. The van der Waals surface area contributed by atoms with E-state index in [1.807, 2.05) is 0 Å². The Kier molecular flexibility index (Phi) is 4.34. The zero-order valence-corrected chi connectivity index (χ0v) is 12.5. The van der Waals surface area contributed by atoms with Gasteiger partial charge in [-0.15, -0.1) is 10.2 Å². The fourth-order valence-electron chi connectivity index (χ4n) is 1.55. The summed E-state index contributed by atoms with van der Waals surface area (Å²) in [5.41, 5.74) is 2.70. The number of hydrogen-bond acceptors (Lipinski definition) is 6. The molecule has 2 N–H and O–H groups in total. The molecule has 1 heterocycles. The molecule has 2 rings (SSSR count). The van der Waals surface area contributed by atoms with E-state index < -0.39 is 16.0 Å². The summed E-state index contributed by atoms with van der Waals surface area (Å²) in [6.45, 7) is 1.70. The monoisotopic (exact) mass is 325 g/mol. The van der Waals surface area contributed by atoms with Gasteiger partial charge < -0.3 is 5.11 Å². The highest BCUT2D eigenvalue weighted by atomic mass is 32.2. The Morgan fingerprint density at radius 3 is 2.76 bits per heavy atom. The Hall–Kier alpha value is -2.26. The van der Waals surface area contributed by atoms with Crippen molar-refractivity contribution < 1.29 is 18.3 Å². The highest BCUT2D eigenvalue weighted by Gasteiger charge is 2.16. The van der Waals surface area contributed by atoms with Crippen LogP contribution in [0.3, 0.4) is 0 Å². The number of carbonyl (C=O) groups is 1. The molecule has 0 aliphatic rings. The molecule has 7 nitrogen and oxygen atoms in total. The average molecular weight is 325 g/mol. The van der Waals surface area contributed by atoms with Crippen molar-refractivity contribution in [3.63, 3.8) is 0 Å². The molecule has 110 valence electrons. The van der Waals surface area contributed by atoms with E-state index in [-0.39, 0.29) is 10.0 Å². The van der Waals surface area contributed by atoms with Gasteiger partial charge in [-0.1, -0.05) is 17.4 Å². The molecule has 0 amide bonds. The minimum atomic E-state index is -3.74. The maximum atomic E-state index is 12.1. The number of anilines is 1. The van der Waals surface area contributed by atoms with Crippen LogP contribution in [0.15, 0.2) is 34.7 Å². The molecule has 0 aliphatic heterocycles. The summed E-state index contributed by atoms with van der Waals surface area (Å²) in [5.74, 6) is -1.07. The smallest absolute Gasteiger partial charge is 0.328 e. The second-order valence-corrected chi connectivity index (χ2v) is 6.55. The van der Waals surface area contributed by atoms with Crippen molar-refractivity contribution in [2.45, 2.75) is 11.8 Å². The number of rotatable bonds is 5. The number of aryl methyl sites for hydroxylation is 1. The van der Waals surface area contributed by atoms with Crippen molar-refractivity contribution in [2.75, 3.05) is 4.72 Å². The fourth-order valence-corrected chi connectivity index (χ4v) is 3.33. The predicted octanol–water partition coefficient (Wildman–Crippen LogP) is 1.75. The van der Waals surface area contributed by atoms with Gasteiger partial charge in [-0.3, -0.25) is 4.72 Å². The summed E-state index contributed by atoms with van der Waals surface area (Å²) in [7, 11) is -3.74. The molecular formula is C12H11N3O4S2. The zero-order chi connectivity index (χ0) is 15.5. The molecule has 0 aliphatic carbocycles. The number of aliphatic carboxylic acids is 1. The van der Waals surface area contributed by atoms with Crippen LogP contribution in [-0.2, 0) is 14.8 Å². The molecule has 9 heteroatoms. The number of aromatic nitrogens is 2. The number of nitrogens with zero attached hydrogens (tertiary/aromatic N) is 2. The molecule has 1 aromatic heterocycles. The third-order valence-corrected chi connectivity index (χ3v) is 4.61. The van der Waals surface area contributed by atoms with Crippen LogP contribution < -0.4 is 4.72 Å². The predicted molar refractivity (Wildman–Crippen MR) is 78.6 cm³/mol. The first kappa shape index (κ1) is 15.1. The molecular weight excluding hydrogens is 314 g/mol. The standard InChI is InChI=1S/C12H11N3O4S2/c1-8-6-10(4-2-9(8)3-5-11(16)17)21(18,19)15-12-14-13-7-20-12/h2-7H,1H3,(H,14,15)(H,16,17). The lowest BCUT2D eigenvalue weighted by molar-refractivity contribution is -0.131. The van der Waals surface area contributed by atoms with Crippen LogP contribution in [0.2, 0.25) is 0 Å². The quantitative estimate of drug-likeness (QED) is 0.811. The number of carboxylic acid groups (broad SMARTS) is 1. The van der Waals surface area contributed by atoms with Gasteiger partial charge in [-0.25, -0.2) is 13.2 Å². The van der Waals surface area contributed by atoms with Crippen molar-refractivity contribution in [1.29, 1.82) is 0 Å². The molecule has 1 aromatic carbocycles. The summed E-state index contributed by atoms with van der Waals surface area (Å²) >= 11 is 1.07. The lowest BCUT2D eigenvalue weighted by Crippen LogP contribution is -2.13. The molecule has 0 fully saturated rings. The lowest BCUT2D eigenvalue weighted by Gasteiger charge is -2.07. The normalized spacial score (nSPS) is 11.7. The summed E-state index contributed by atoms with van der Waals surface area (Å²) in [6, 6.07) is 4.41. The zero-order valence-electron chi connectivity index (χ0n) is 10.8. The van der Waals surface area contributed by atoms with Crippen LogP contribution in [0.1, 0.15) is 11.1 Å². The van der Waals surface area contributed by atoms with Crippen LogP contribution in [0.25, 0.3) is 6.08 Å². The van der Waals surface area contributed by atoms with Crippen LogP contribution in [-0.4, -0.2) is 29.7 Å².